The Kier molecular flexibility index (Phi) is 6.98. The Bertz CT molecular complexity index is 1580. The van der Waals surface area contributed by atoms with Crippen LogP contribution in [0.3, 0.4) is 0 Å². The Morgan fingerprint density at radius 1 is 1.16 bits per heavy atom. The summed E-state index contributed by atoms with van der Waals surface area (Å²) >= 11 is 1.40. The second-order valence-electron chi connectivity index (χ2n) is 9.30. The van der Waals surface area contributed by atoms with Crippen LogP contribution >= 0.6 is 11.3 Å². The highest BCUT2D eigenvalue weighted by Crippen LogP contribution is 2.40. The van der Waals surface area contributed by atoms with Crippen LogP contribution < -0.4 is 10.9 Å². The summed E-state index contributed by atoms with van der Waals surface area (Å²) in [5.74, 6) is -0.636. The number of hydrogen-bond acceptors (Lipinski definition) is 7. The number of fused-ring (bicyclic) bond motifs is 1. The fraction of sp³-hybridized carbons (Fsp3) is 0.321. The molecular formula is C28H29N5O4S. The summed E-state index contributed by atoms with van der Waals surface area (Å²) in [5.41, 5.74) is 3.80. The van der Waals surface area contributed by atoms with E-state index in [-0.39, 0.29) is 18.1 Å². The molecule has 9 nitrogen and oxygen atoms in total. The minimum Gasteiger partial charge on any atom is -0.462 e. The van der Waals surface area contributed by atoms with Crippen molar-refractivity contribution in [3.05, 3.63) is 80.2 Å². The van der Waals surface area contributed by atoms with Gasteiger partial charge < -0.3 is 10.1 Å². The molecule has 0 aliphatic heterocycles. The van der Waals surface area contributed by atoms with Crippen molar-refractivity contribution in [1.82, 2.24) is 19.3 Å². The number of ether oxygens (including phenoxy) is 1. The normalized spacial score (nSPS) is 13.3. The summed E-state index contributed by atoms with van der Waals surface area (Å²) in [6.45, 7) is 7.37. The van der Waals surface area contributed by atoms with Crippen molar-refractivity contribution in [3.63, 3.8) is 0 Å². The number of aryl methyl sites for hydroxylation is 3. The molecule has 0 radical (unpaired) electrons. The lowest BCUT2D eigenvalue weighted by atomic mass is 10.1. The van der Waals surface area contributed by atoms with Crippen molar-refractivity contribution in [3.8, 4) is 17.2 Å². The first kappa shape index (κ1) is 25.6. The van der Waals surface area contributed by atoms with Crippen LogP contribution in [-0.2, 0) is 22.4 Å². The number of thiophene rings is 1. The maximum Gasteiger partial charge on any atom is 0.341 e. The molecule has 0 fully saturated rings. The lowest BCUT2D eigenvalue weighted by Crippen LogP contribution is -2.35. The van der Waals surface area contributed by atoms with E-state index in [1.54, 1.807) is 18.5 Å². The summed E-state index contributed by atoms with van der Waals surface area (Å²) in [6, 6.07) is 11.8. The van der Waals surface area contributed by atoms with Crippen molar-refractivity contribution in [1.29, 1.82) is 0 Å². The van der Waals surface area contributed by atoms with Crippen molar-refractivity contribution < 1.29 is 14.3 Å². The summed E-state index contributed by atoms with van der Waals surface area (Å²) in [7, 11) is 0. The van der Waals surface area contributed by atoms with E-state index in [2.05, 4.69) is 10.4 Å². The molecule has 38 heavy (non-hydrogen) atoms. The summed E-state index contributed by atoms with van der Waals surface area (Å²) in [6.07, 6.45) is 2.61. The first-order valence-electron chi connectivity index (χ1n) is 12.6. The Morgan fingerprint density at radius 2 is 1.92 bits per heavy atom. The van der Waals surface area contributed by atoms with Gasteiger partial charge in [0.25, 0.3) is 5.56 Å². The third-order valence-corrected chi connectivity index (χ3v) is 7.81. The maximum absolute atomic E-state index is 13.6. The van der Waals surface area contributed by atoms with Crippen LogP contribution in [0.2, 0.25) is 0 Å². The largest absolute Gasteiger partial charge is 0.462 e. The van der Waals surface area contributed by atoms with Gasteiger partial charge in [0.2, 0.25) is 11.9 Å². The number of aromatic nitrogens is 4. The molecule has 3 aromatic heterocycles. The smallest absolute Gasteiger partial charge is 0.341 e. The molecule has 0 saturated heterocycles. The molecule has 0 bridgehead atoms. The van der Waals surface area contributed by atoms with Gasteiger partial charge in [-0.2, -0.15) is 5.10 Å². The van der Waals surface area contributed by atoms with Gasteiger partial charge in [-0.25, -0.2) is 14.5 Å². The standard InChI is InChI=1S/C28H29N5O4S/c1-5-37-27(36)24-20-12-9-13-22(20)38-26(24)30-25(35)18(4)32-23(34)15-21(19-10-7-6-8-11-19)29-28(32)33-17(3)14-16(2)31-33/h6-8,10-11,14-15,18H,5,9,12-13H2,1-4H3,(H,30,35). The van der Waals surface area contributed by atoms with Gasteiger partial charge >= 0.3 is 5.97 Å². The first-order valence-corrected chi connectivity index (χ1v) is 13.4. The van der Waals surface area contributed by atoms with E-state index in [0.29, 0.717) is 16.3 Å². The number of rotatable bonds is 7. The zero-order valence-electron chi connectivity index (χ0n) is 21.8. The Balaban J connectivity index is 1.56. The topological polar surface area (TPSA) is 108 Å². The van der Waals surface area contributed by atoms with E-state index < -0.39 is 17.9 Å². The number of carbonyl (C=O) groups excluding carboxylic acids is 2. The summed E-state index contributed by atoms with van der Waals surface area (Å²) in [5, 5.41) is 7.91. The fourth-order valence-corrected chi connectivity index (χ4v) is 6.11. The highest BCUT2D eigenvalue weighted by atomic mass is 32.1. The van der Waals surface area contributed by atoms with Gasteiger partial charge in [-0.15, -0.1) is 11.3 Å². The molecule has 1 atom stereocenters. The summed E-state index contributed by atoms with van der Waals surface area (Å²) in [4.78, 5) is 45.7. The molecular weight excluding hydrogens is 502 g/mol. The van der Waals surface area contributed by atoms with Crippen molar-refractivity contribution in [2.75, 3.05) is 11.9 Å². The lowest BCUT2D eigenvalue weighted by Gasteiger charge is -2.20. The Labute approximate surface area is 224 Å². The average Bonchev–Trinajstić information content (AvgIpc) is 3.57. The van der Waals surface area contributed by atoms with Crippen LogP contribution in [0.15, 0.2) is 47.3 Å². The van der Waals surface area contributed by atoms with Crippen LogP contribution in [0.5, 0.6) is 0 Å². The number of nitrogens with zero attached hydrogens (tertiary/aromatic N) is 4. The average molecular weight is 532 g/mol. The molecule has 1 aliphatic carbocycles. The molecule has 1 amide bonds. The minimum atomic E-state index is -0.939. The molecule has 1 N–H and O–H groups in total. The Hall–Kier alpha value is -4.05. The minimum absolute atomic E-state index is 0.240. The highest BCUT2D eigenvalue weighted by molar-refractivity contribution is 7.17. The van der Waals surface area contributed by atoms with Gasteiger partial charge in [0.1, 0.15) is 11.0 Å². The van der Waals surface area contributed by atoms with Gasteiger partial charge in [-0.05, 0) is 58.6 Å². The second-order valence-corrected chi connectivity index (χ2v) is 10.4. The van der Waals surface area contributed by atoms with Crippen LogP contribution in [-0.4, -0.2) is 37.8 Å². The molecule has 1 aliphatic rings. The van der Waals surface area contributed by atoms with Crippen molar-refractivity contribution in [2.24, 2.45) is 0 Å². The van der Waals surface area contributed by atoms with Gasteiger partial charge in [-0.1, -0.05) is 30.3 Å². The van der Waals surface area contributed by atoms with Crippen molar-refractivity contribution in [2.45, 2.75) is 53.0 Å². The van der Waals surface area contributed by atoms with Crippen LogP contribution in [0.4, 0.5) is 5.00 Å². The third-order valence-electron chi connectivity index (χ3n) is 6.61. The summed E-state index contributed by atoms with van der Waals surface area (Å²) < 4.78 is 8.21. The number of hydrogen-bond donors (Lipinski definition) is 1. The maximum atomic E-state index is 13.6. The predicted octanol–water partition coefficient (Wildman–Crippen LogP) is 4.64. The van der Waals surface area contributed by atoms with Crippen LogP contribution in [0.1, 0.15) is 58.5 Å². The quantitative estimate of drug-likeness (QED) is 0.348. The highest BCUT2D eigenvalue weighted by Gasteiger charge is 2.30. The number of nitrogens with one attached hydrogen (secondary N) is 1. The fourth-order valence-electron chi connectivity index (χ4n) is 4.83. The molecule has 0 spiro atoms. The monoisotopic (exact) mass is 531 g/mol. The van der Waals surface area contributed by atoms with Crippen LogP contribution in [0, 0.1) is 13.8 Å². The number of benzene rings is 1. The molecule has 3 heterocycles. The predicted molar refractivity (Wildman–Crippen MR) is 146 cm³/mol. The molecule has 4 aromatic rings. The Morgan fingerprint density at radius 3 is 2.61 bits per heavy atom. The zero-order valence-corrected chi connectivity index (χ0v) is 22.6. The molecule has 0 saturated carbocycles. The number of carbonyl (C=O) groups is 2. The number of esters is 1. The van der Waals surface area contributed by atoms with E-state index >= 15 is 0 Å². The second kappa shape index (κ2) is 10.4. The molecule has 10 heteroatoms. The molecule has 196 valence electrons. The molecule has 1 aromatic carbocycles. The molecule has 1 unspecified atom stereocenters. The van der Waals surface area contributed by atoms with Crippen molar-refractivity contribution >= 4 is 28.2 Å². The lowest BCUT2D eigenvalue weighted by molar-refractivity contribution is -0.118. The van der Waals surface area contributed by atoms with Gasteiger partial charge in [-0.3, -0.25) is 14.2 Å². The van der Waals surface area contributed by atoms with E-state index in [4.69, 9.17) is 9.72 Å². The zero-order chi connectivity index (χ0) is 27.0. The first-order chi connectivity index (χ1) is 18.3. The van der Waals surface area contributed by atoms with Gasteiger partial charge in [0.05, 0.1) is 23.6 Å². The number of anilines is 1. The molecule has 5 rings (SSSR count). The van der Waals surface area contributed by atoms with Gasteiger partial charge in [0, 0.05) is 22.2 Å². The van der Waals surface area contributed by atoms with Crippen LogP contribution in [0.25, 0.3) is 17.2 Å². The third kappa shape index (κ3) is 4.67. The SMILES string of the molecule is CCOC(=O)c1c(NC(=O)C(C)n2c(-n3nc(C)cc3C)nc(-c3ccccc3)cc2=O)sc2c1CCC2. The van der Waals surface area contributed by atoms with E-state index in [0.717, 1.165) is 46.7 Å². The van der Waals surface area contributed by atoms with E-state index in [1.165, 1.54) is 22.0 Å². The van der Waals surface area contributed by atoms with E-state index in [1.807, 2.05) is 50.2 Å². The van der Waals surface area contributed by atoms with E-state index in [9.17, 15) is 14.4 Å². The van der Waals surface area contributed by atoms with Gasteiger partial charge in [0.15, 0.2) is 0 Å². The number of amides is 1.